The molecule has 140 valence electrons. The van der Waals surface area contributed by atoms with Gasteiger partial charge in [-0.15, -0.1) is 5.10 Å². The molecule has 0 aliphatic rings. The highest BCUT2D eigenvalue weighted by Crippen LogP contribution is 2.06. The molecule has 2 amide bonds. The fourth-order valence-corrected chi connectivity index (χ4v) is 2.37. The van der Waals surface area contributed by atoms with Crippen LogP contribution in [0.5, 0.6) is 0 Å². The minimum atomic E-state index is -0.344. The van der Waals surface area contributed by atoms with Crippen molar-refractivity contribution in [2.45, 2.75) is 0 Å². The van der Waals surface area contributed by atoms with Gasteiger partial charge in [0.05, 0.1) is 18.4 Å². The van der Waals surface area contributed by atoms with Gasteiger partial charge in [-0.2, -0.15) is 9.90 Å². The molecule has 3 rings (SSSR count). The molecule has 2 aromatic carbocycles. The molecule has 1 N–H and O–H groups in total. The largest absolute Gasteiger partial charge is 0.345 e. The summed E-state index contributed by atoms with van der Waals surface area (Å²) in [5.41, 5.74) is 2.36. The van der Waals surface area contributed by atoms with Crippen molar-refractivity contribution in [3.63, 3.8) is 0 Å². The molecule has 0 fully saturated rings. The monoisotopic (exact) mass is 373 g/mol. The lowest BCUT2D eigenvalue weighted by molar-refractivity contribution is 0.0827. The molecular weight excluding hydrogens is 354 g/mol. The quantitative estimate of drug-likeness (QED) is 0.707. The summed E-state index contributed by atoms with van der Waals surface area (Å²) >= 11 is 0. The number of rotatable bonds is 4. The first-order valence-electron chi connectivity index (χ1n) is 8.61. The summed E-state index contributed by atoms with van der Waals surface area (Å²) in [5, 5.41) is 11.0. The van der Waals surface area contributed by atoms with E-state index in [1.807, 2.05) is 30.3 Å². The van der Waals surface area contributed by atoms with E-state index in [1.165, 1.54) is 15.9 Å². The normalized spacial score (nSPS) is 9.93. The number of carbonyl (C=O) groups is 2. The fraction of sp³-hybridized carbons (Fsp3) is 0.143. The van der Waals surface area contributed by atoms with Crippen molar-refractivity contribution < 1.29 is 9.59 Å². The summed E-state index contributed by atoms with van der Waals surface area (Å²) in [5.74, 6) is 5.42. The third kappa shape index (κ3) is 4.62. The molecule has 0 aliphatic heterocycles. The zero-order valence-electron chi connectivity index (χ0n) is 15.6. The van der Waals surface area contributed by atoms with Crippen molar-refractivity contribution in [3.8, 4) is 17.5 Å². The van der Waals surface area contributed by atoms with Gasteiger partial charge in [-0.05, 0) is 36.4 Å². The van der Waals surface area contributed by atoms with E-state index in [2.05, 4.69) is 27.4 Å². The van der Waals surface area contributed by atoms with Crippen LogP contribution in [0.15, 0.2) is 60.8 Å². The average Bonchev–Trinajstić information content (AvgIpc) is 3.22. The van der Waals surface area contributed by atoms with Crippen LogP contribution in [-0.4, -0.2) is 52.3 Å². The van der Waals surface area contributed by atoms with Gasteiger partial charge in [0.15, 0.2) is 5.69 Å². The van der Waals surface area contributed by atoms with E-state index < -0.39 is 0 Å². The van der Waals surface area contributed by atoms with E-state index in [0.717, 1.165) is 11.3 Å². The molecule has 0 saturated heterocycles. The van der Waals surface area contributed by atoms with Gasteiger partial charge in [0.2, 0.25) is 0 Å². The van der Waals surface area contributed by atoms with Gasteiger partial charge >= 0.3 is 0 Å². The minimum Gasteiger partial charge on any atom is -0.345 e. The highest BCUT2D eigenvalue weighted by molar-refractivity contribution is 5.94. The standard InChI is InChI=1S/C21H19N5O2/c1-25(2)21(28)17-12-10-16(11-13-17)7-6-14-22-20(27)19-15-23-26(24-19)18-8-4-3-5-9-18/h3-5,8-13,15H,14H2,1-2H3,(H,22,27). The van der Waals surface area contributed by atoms with E-state index in [1.54, 1.807) is 38.4 Å². The lowest BCUT2D eigenvalue weighted by Crippen LogP contribution is -2.24. The summed E-state index contributed by atoms with van der Waals surface area (Å²) in [6.07, 6.45) is 1.41. The Kier molecular flexibility index (Phi) is 5.82. The van der Waals surface area contributed by atoms with E-state index in [0.29, 0.717) is 5.56 Å². The van der Waals surface area contributed by atoms with Crippen molar-refractivity contribution in [2.24, 2.45) is 0 Å². The average molecular weight is 373 g/mol. The molecule has 7 nitrogen and oxygen atoms in total. The zero-order chi connectivity index (χ0) is 19.9. The van der Waals surface area contributed by atoms with Gasteiger partial charge in [0.25, 0.3) is 11.8 Å². The maximum atomic E-state index is 12.1. The molecule has 1 heterocycles. The van der Waals surface area contributed by atoms with Gasteiger partial charge in [-0.25, -0.2) is 0 Å². The van der Waals surface area contributed by atoms with Crippen molar-refractivity contribution >= 4 is 11.8 Å². The zero-order valence-corrected chi connectivity index (χ0v) is 15.6. The fourth-order valence-electron chi connectivity index (χ4n) is 2.37. The first-order valence-corrected chi connectivity index (χ1v) is 8.61. The molecule has 0 spiro atoms. The molecule has 0 unspecified atom stereocenters. The first-order chi connectivity index (χ1) is 13.5. The van der Waals surface area contributed by atoms with Crippen molar-refractivity contribution in [1.82, 2.24) is 25.2 Å². The number of amides is 2. The predicted molar refractivity (Wildman–Crippen MR) is 105 cm³/mol. The molecule has 1 aromatic heterocycles. The number of para-hydroxylation sites is 1. The Bertz CT molecular complexity index is 1030. The SMILES string of the molecule is CN(C)C(=O)c1ccc(C#CCNC(=O)c2cnn(-c3ccccc3)n2)cc1. The van der Waals surface area contributed by atoms with Gasteiger partial charge in [-0.3, -0.25) is 9.59 Å². The topological polar surface area (TPSA) is 80.1 Å². The molecule has 0 atom stereocenters. The Morgan fingerprint density at radius 1 is 1.07 bits per heavy atom. The number of aromatic nitrogens is 3. The van der Waals surface area contributed by atoms with Gasteiger partial charge < -0.3 is 10.2 Å². The first kappa shape index (κ1) is 18.9. The minimum absolute atomic E-state index is 0.0599. The second kappa shape index (κ2) is 8.64. The van der Waals surface area contributed by atoms with Crippen molar-refractivity contribution in [3.05, 3.63) is 77.6 Å². The van der Waals surface area contributed by atoms with E-state index in [4.69, 9.17) is 0 Å². The highest BCUT2D eigenvalue weighted by atomic mass is 16.2. The smallest absolute Gasteiger partial charge is 0.274 e. The lowest BCUT2D eigenvalue weighted by Gasteiger charge is -2.09. The number of nitrogens with zero attached hydrogens (tertiary/aromatic N) is 4. The second-order valence-electron chi connectivity index (χ2n) is 6.12. The van der Waals surface area contributed by atoms with E-state index in [9.17, 15) is 9.59 Å². The summed E-state index contributed by atoms with van der Waals surface area (Å²) in [6.45, 7) is 0.176. The summed E-state index contributed by atoms with van der Waals surface area (Å²) in [7, 11) is 3.41. The molecule has 0 bridgehead atoms. The Morgan fingerprint density at radius 2 is 1.79 bits per heavy atom. The van der Waals surface area contributed by atoms with Gasteiger partial charge in [0.1, 0.15) is 0 Å². The van der Waals surface area contributed by atoms with E-state index >= 15 is 0 Å². The Hall–Kier alpha value is -3.92. The Balaban J connectivity index is 1.55. The molecule has 28 heavy (non-hydrogen) atoms. The number of nitrogens with one attached hydrogen (secondary N) is 1. The highest BCUT2D eigenvalue weighted by Gasteiger charge is 2.10. The van der Waals surface area contributed by atoms with Gasteiger partial charge in [-0.1, -0.05) is 30.0 Å². The third-order valence-corrected chi connectivity index (χ3v) is 3.82. The summed E-state index contributed by atoms with van der Waals surface area (Å²) < 4.78 is 0. The van der Waals surface area contributed by atoms with Crippen LogP contribution in [0.25, 0.3) is 5.69 Å². The van der Waals surface area contributed by atoms with Crippen LogP contribution in [0.1, 0.15) is 26.4 Å². The number of hydrogen-bond donors (Lipinski definition) is 1. The number of carbonyl (C=O) groups excluding carboxylic acids is 2. The van der Waals surface area contributed by atoms with E-state index in [-0.39, 0.29) is 24.1 Å². The molecular formula is C21H19N5O2. The Labute approximate surface area is 163 Å². The van der Waals surface area contributed by atoms with Crippen molar-refractivity contribution in [2.75, 3.05) is 20.6 Å². The van der Waals surface area contributed by atoms with Crippen LogP contribution in [0, 0.1) is 11.8 Å². The maximum absolute atomic E-state index is 12.1. The third-order valence-electron chi connectivity index (χ3n) is 3.82. The number of benzene rings is 2. The lowest BCUT2D eigenvalue weighted by atomic mass is 10.1. The van der Waals surface area contributed by atoms with Crippen LogP contribution >= 0.6 is 0 Å². The summed E-state index contributed by atoms with van der Waals surface area (Å²) in [6, 6.07) is 16.4. The van der Waals surface area contributed by atoms with Crippen LogP contribution in [0.3, 0.4) is 0 Å². The molecule has 7 heteroatoms. The van der Waals surface area contributed by atoms with Crippen LogP contribution in [-0.2, 0) is 0 Å². The second-order valence-corrected chi connectivity index (χ2v) is 6.12. The summed E-state index contributed by atoms with van der Waals surface area (Å²) in [4.78, 5) is 26.9. The van der Waals surface area contributed by atoms with Crippen LogP contribution < -0.4 is 5.32 Å². The molecule has 0 saturated carbocycles. The van der Waals surface area contributed by atoms with Crippen LogP contribution in [0.2, 0.25) is 0 Å². The predicted octanol–water partition coefficient (Wildman–Crippen LogP) is 1.75. The Morgan fingerprint density at radius 3 is 2.46 bits per heavy atom. The maximum Gasteiger partial charge on any atom is 0.274 e. The molecule has 0 aliphatic carbocycles. The number of hydrogen-bond acceptors (Lipinski definition) is 4. The van der Waals surface area contributed by atoms with Crippen LogP contribution in [0.4, 0.5) is 0 Å². The molecule has 3 aromatic rings. The van der Waals surface area contributed by atoms with Crippen molar-refractivity contribution in [1.29, 1.82) is 0 Å². The molecule has 0 radical (unpaired) electrons. The van der Waals surface area contributed by atoms with Gasteiger partial charge in [0, 0.05) is 25.2 Å².